The van der Waals surface area contributed by atoms with Crippen LogP contribution in [0.2, 0.25) is 5.02 Å². The van der Waals surface area contributed by atoms with E-state index < -0.39 is 0 Å². The van der Waals surface area contributed by atoms with E-state index in [1.807, 2.05) is 18.2 Å². The van der Waals surface area contributed by atoms with Crippen LogP contribution in [0.15, 0.2) is 33.0 Å². The normalized spacial score (nSPS) is 16.2. The topological polar surface area (TPSA) is 113 Å². The van der Waals surface area contributed by atoms with Crippen LogP contribution in [0.5, 0.6) is 0 Å². The predicted molar refractivity (Wildman–Crippen MR) is 88.4 cm³/mol. The number of thioether (sulfide) groups is 1. The van der Waals surface area contributed by atoms with E-state index >= 15 is 0 Å². The van der Waals surface area contributed by atoms with Gasteiger partial charge in [0, 0.05) is 12.1 Å². The summed E-state index contributed by atoms with van der Waals surface area (Å²) in [5, 5.41) is 26.8. The van der Waals surface area contributed by atoms with Crippen LogP contribution in [0, 0.1) is 0 Å². The number of oxime groups is 1. The molecule has 3 N–H and O–H groups in total. The Labute approximate surface area is 146 Å². The van der Waals surface area contributed by atoms with Crippen molar-refractivity contribution in [3.63, 3.8) is 0 Å². The fourth-order valence-electron chi connectivity index (χ4n) is 2.36. The molecule has 1 aliphatic carbocycles. The summed E-state index contributed by atoms with van der Waals surface area (Å²) in [6.45, 7) is 0. The number of nitrogens with zero attached hydrogens (tertiary/aromatic N) is 3. The maximum atomic E-state index is 11.3. The average molecular weight is 368 g/mol. The summed E-state index contributed by atoms with van der Waals surface area (Å²) in [5.74, 6) is 0.122. The van der Waals surface area contributed by atoms with E-state index in [9.17, 15) is 10.0 Å². The highest BCUT2D eigenvalue weighted by Crippen LogP contribution is 2.38. The Kier molecular flexibility index (Phi) is 4.91. The second kappa shape index (κ2) is 7.10. The summed E-state index contributed by atoms with van der Waals surface area (Å²) in [4.78, 5) is 11.3. The van der Waals surface area contributed by atoms with E-state index in [0.717, 1.165) is 27.9 Å². The number of benzene rings is 1. The Morgan fingerprint density at radius 2 is 2.38 bits per heavy atom. The molecule has 0 aliphatic heterocycles. The first-order valence-corrected chi connectivity index (χ1v) is 8.42. The van der Waals surface area contributed by atoms with Crippen molar-refractivity contribution < 1.29 is 14.6 Å². The average Bonchev–Trinajstić information content (AvgIpc) is 3.03. The van der Waals surface area contributed by atoms with Gasteiger partial charge in [-0.05, 0) is 33.9 Å². The molecule has 2 aromatic rings. The minimum Gasteiger partial charge on any atom is -0.409 e. The quantitative estimate of drug-likeness (QED) is 0.242. The van der Waals surface area contributed by atoms with Crippen LogP contribution in [0.4, 0.5) is 0 Å². The molecule has 8 nitrogen and oxygen atoms in total. The summed E-state index contributed by atoms with van der Waals surface area (Å²) in [6, 6.07) is 5.62. The molecule has 24 heavy (non-hydrogen) atoms. The van der Waals surface area contributed by atoms with Crippen molar-refractivity contribution in [1.82, 2.24) is 20.9 Å². The number of fused-ring (bicyclic) bond motifs is 1. The van der Waals surface area contributed by atoms with E-state index in [-0.39, 0.29) is 29.2 Å². The molecule has 1 aromatic carbocycles. The largest absolute Gasteiger partial charge is 0.409 e. The molecule has 1 atom stereocenters. The summed E-state index contributed by atoms with van der Waals surface area (Å²) >= 11 is 7.26. The van der Waals surface area contributed by atoms with Gasteiger partial charge in [0.2, 0.25) is 5.91 Å². The van der Waals surface area contributed by atoms with Gasteiger partial charge in [0.05, 0.1) is 11.8 Å². The summed E-state index contributed by atoms with van der Waals surface area (Å²) < 4.78 is 4.71. The smallest absolute Gasteiger partial charge is 0.230 e. The molecule has 126 valence electrons. The minimum absolute atomic E-state index is 0.0434. The minimum atomic E-state index is -0.160. The molecule has 0 bridgehead atoms. The van der Waals surface area contributed by atoms with Gasteiger partial charge in [0.15, 0.2) is 16.6 Å². The van der Waals surface area contributed by atoms with Crippen LogP contribution in [0.25, 0.3) is 0 Å². The van der Waals surface area contributed by atoms with Crippen LogP contribution in [0.3, 0.4) is 0 Å². The number of carbonyl (C=O) groups excluding carboxylic acids is 1. The van der Waals surface area contributed by atoms with Crippen LogP contribution < -0.4 is 10.6 Å². The van der Waals surface area contributed by atoms with Crippen LogP contribution in [0.1, 0.15) is 22.9 Å². The molecule has 1 aliphatic rings. The first-order chi connectivity index (χ1) is 11.6. The third-order valence-electron chi connectivity index (χ3n) is 3.65. The number of halogens is 1. The molecular weight excluding hydrogens is 354 g/mol. The van der Waals surface area contributed by atoms with E-state index in [1.165, 1.54) is 0 Å². The zero-order valence-corrected chi connectivity index (χ0v) is 14.2. The molecule has 1 heterocycles. The number of rotatable bonds is 5. The molecule has 0 radical (unpaired) electrons. The Bertz CT molecular complexity index is 794. The zero-order valence-electron chi connectivity index (χ0n) is 12.6. The molecule has 0 saturated carbocycles. The van der Waals surface area contributed by atoms with Gasteiger partial charge in [0.25, 0.3) is 0 Å². The third kappa shape index (κ3) is 3.17. The fourth-order valence-corrected chi connectivity index (χ4v) is 3.39. The van der Waals surface area contributed by atoms with Gasteiger partial charge in [-0.15, -0.1) is 0 Å². The zero-order chi connectivity index (χ0) is 17.1. The van der Waals surface area contributed by atoms with Gasteiger partial charge in [-0.3, -0.25) is 4.79 Å². The fraction of sp³-hybridized carbons (Fsp3) is 0.286. The van der Waals surface area contributed by atoms with Crippen molar-refractivity contribution in [2.24, 2.45) is 5.16 Å². The van der Waals surface area contributed by atoms with Crippen LogP contribution in [-0.2, 0) is 11.2 Å². The molecule has 0 spiro atoms. The van der Waals surface area contributed by atoms with E-state index in [0.29, 0.717) is 11.4 Å². The molecule has 0 saturated heterocycles. The van der Waals surface area contributed by atoms with Crippen molar-refractivity contribution in [3.8, 4) is 0 Å². The maximum absolute atomic E-state index is 11.3. The highest BCUT2D eigenvalue weighted by atomic mass is 35.5. The van der Waals surface area contributed by atoms with Crippen molar-refractivity contribution in [2.45, 2.75) is 17.5 Å². The second-order valence-electron chi connectivity index (χ2n) is 5.04. The van der Waals surface area contributed by atoms with Crippen molar-refractivity contribution >= 4 is 35.1 Å². The number of aromatic nitrogens is 2. The van der Waals surface area contributed by atoms with Crippen LogP contribution in [-0.4, -0.2) is 40.1 Å². The Balaban J connectivity index is 1.72. The number of hydrogen-bond acceptors (Lipinski definition) is 7. The van der Waals surface area contributed by atoms with Crippen LogP contribution >= 0.6 is 23.4 Å². The Morgan fingerprint density at radius 1 is 1.54 bits per heavy atom. The first kappa shape index (κ1) is 16.6. The monoisotopic (exact) mass is 367 g/mol. The number of amidine groups is 1. The van der Waals surface area contributed by atoms with Gasteiger partial charge in [-0.25, -0.2) is 4.63 Å². The van der Waals surface area contributed by atoms with Gasteiger partial charge in [-0.2, -0.15) is 0 Å². The van der Waals surface area contributed by atoms with Gasteiger partial charge < -0.3 is 15.8 Å². The number of amides is 1. The number of carbonyl (C=O) groups is 1. The lowest BCUT2D eigenvalue weighted by atomic mass is 9.83. The van der Waals surface area contributed by atoms with E-state index in [1.54, 1.807) is 7.05 Å². The molecule has 10 heteroatoms. The molecule has 1 unspecified atom stereocenters. The molecule has 0 fully saturated rings. The lowest BCUT2D eigenvalue weighted by molar-refractivity contribution is -0.118. The lowest BCUT2D eigenvalue weighted by Gasteiger charge is -2.32. The number of nitrogens with one attached hydrogen (secondary N) is 2. The van der Waals surface area contributed by atoms with E-state index in [4.69, 9.17) is 16.2 Å². The standard InChI is InChI=1S/C14H14ClN5O3S/c1-16-11(21)6-24-14-12(19-23-20-14)13(18-22)17-10-5-8-7(10)3-2-4-9(8)15/h2-4,10,22H,5-6H2,1H3,(H,16,21)(H,17,18). The van der Waals surface area contributed by atoms with E-state index in [2.05, 4.69) is 26.1 Å². The summed E-state index contributed by atoms with van der Waals surface area (Å²) in [5.41, 5.74) is 2.36. The number of hydrogen-bond donors (Lipinski definition) is 3. The first-order valence-electron chi connectivity index (χ1n) is 7.06. The Hall–Kier alpha value is -2.26. The van der Waals surface area contributed by atoms with Gasteiger partial charge in [0.1, 0.15) is 0 Å². The highest BCUT2D eigenvalue weighted by Gasteiger charge is 2.30. The van der Waals surface area contributed by atoms with Crippen molar-refractivity contribution in [3.05, 3.63) is 40.0 Å². The molecule has 1 aromatic heterocycles. The van der Waals surface area contributed by atoms with Crippen molar-refractivity contribution in [1.29, 1.82) is 0 Å². The maximum Gasteiger partial charge on any atom is 0.230 e. The summed E-state index contributed by atoms with van der Waals surface area (Å²) in [6.07, 6.45) is 0.708. The van der Waals surface area contributed by atoms with Gasteiger partial charge in [-0.1, -0.05) is 40.7 Å². The molecule has 1 amide bonds. The third-order valence-corrected chi connectivity index (χ3v) is 4.95. The van der Waals surface area contributed by atoms with Crippen molar-refractivity contribution in [2.75, 3.05) is 12.8 Å². The molecule has 3 rings (SSSR count). The SMILES string of the molecule is CNC(=O)CSc1nonc1/C(=N\O)NC1Cc2c(Cl)cccc21. The predicted octanol–water partition coefficient (Wildman–Crippen LogP) is 1.58. The Morgan fingerprint density at radius 3 is 3.12 bits per heavy atom. The highest BCUT2D eigenvalue weighted by molar-refractivity contribution is 8.00. The van der Waals surface area contributed by atoms with Gasteiger partial charge >= 0.3 is 0 Å². The molecular formula is C14H14ClN5O3S. The second-order valence-corrected chi connectivity index (χ2v) is 6.41. The summed E-state index contributed by atoms with van der Waals surface area (Å²) in [7, 11) is 1.55. The lowest BCUT2D eigenvalue weighted by Crippen LogP contribution is -2.36.